The highest BCUT2D eigenvalue weighted by molar-refractivity contribution is 5.90. The van der Waals surface area contributed by atoms with Crippen LogP contribution in [0.25, 0.3) is 10.8 Å². The lowest BCUT2D eigenvalue weighted by Crippen LogP contribution is -1.97. The van der Waals surface area contributed by atoms with Gasteiger partial charge in [-0.05, 0) is 11.5 Å². The van der Waals surface area contributed by atoms with Crippen molar-refractivity contribution in [2.45, 2.75) is 6.42 Å². The lowest BCUT2D eigenvalue weighted by Gasteiger charge is -2.02. The first-order valence-electron chi connectivity index (χ1n) is 5.49. The van der Waals surface area contributed by atoms with Crippen molar-refractivity contribution in [1.82, 2.24) is 0 Å². The third kappa shape index (κ3) is 2.44. The first-order valence-corrected chi connectivity index (χ1v) is 5.49. The third-order valence-electron chi connectivity index (χ3n) is 2.58. The average molecular weight is 240 g/mol. The van der Waals surface area contributed by atoms with Gasteiger partial charge >= 0.3 is 5.97 Å². The summed E-state index contributed by atoms with van der Waals surface area (Å²) in [5.41, 5.74) is 0.539. The Morgan fingerprint density at radius 3 is 2.83 bits per heavy atom. The van der Waals surface area contributed by atoms with Crippen LogP contribution in [0.3, 0.4) is 0 Å². The molecule has 90 valence electrons. The van der Waals surface area contributed by atoms with E-state index in [-0.39, 0.29) is 18.1 Å². The maximum absolute atomic E-state index is 11.0. The summed E-state index contributed by atoms with van der Waals surface area (Å²) < 4.78 is 4.50. The number of methoxy groups -OCH3 is 1. The molecule has 0 atom stereocenters. The van der Waals surface area contributed by atoms with Gasteiger partial charge in [-0.3, -0.25) is 4.79 Å². The van der Waals surface area contributed by atoms with Crippen LogP contribution in [-0.4, -0.2) is 18.2 Å². The van der Waals surface area contributed by atoms with Gasteiger partial charge in [-0.15, -0.1) is 0 Å². The summed E-state index contributed by atoms with van der Waals surface area (Å²) in [7, 11) is 1.32. The summed E-state index contributed by atoms with van der Waals surface area (Å²) in [6.07, 6.45) is 0.0131. The zero-order chi connectivity index (χ0) is 13.0. The van der Waals surface area contributed by atoms with Gasteiger partial charge in [0.1, 0.15) is 12.2 Å². The van der Waals surface area contributed by atoms with Crippen molar-refractivity contribution in [3.05, 3.63) is 42.0 Å². The molecule has 0 unspecified atom stereocenters. The topological polar surface area (TPSA) is 46.5 Å². The van der Waals surface area contributed by atoms with Crippen molar-refractivity contribution < 1.29 is 14.6 Å². The van der Waals surface area contributed by atoms with Crippen molar-refractivity contribution in [3.63, 3.8) is 0 Å². The van der Waals surface area contributed by atoms with Crippen LogP contribution in [0, 0.1) is 11.8 Å². The molecule has 0 saturated heterocycles. The Morgan fingerprint density at radius 1 is 1.28 bits per heavy atom. The summed E-state index contributed by atoms with van der Waals surface area (Å²) in [4.78, 5) is 11.0. The molecule has 0 heterocycles. The van der Waals surface area contributed by atoms with Crippen molar-refractivity contribution >= 4 is 16.7 Å². The van der Waals surface area contributed by atoms with Gasteiger partial charge < -0.3 is 9.84 Å². The molecule has 0 aliphatic heterocycles. The van der Waals surface area contributed by atoms with E-state index < -0.39 is 0 Å². The summed E-state index contributed by atoms with van der Waals surface area (Å²) in [6.45, 7) is 0. The molecule has 1 N–H and O–H groups in total. The van der Waals surface area contributed by atoms with E-state index in [1.807, 2.05) is 30.3 Å². The molecule has 0 aliphatic rings. The first kappa shape index (κ1) is 12.0. The molecule has 0 spiro atoms. The smallest absolute Gasteiger partial charge is 0.317 e. The minimum absolute atomic E-state index is 0.0131. The predicted molar refractivity (Wildman–Crippen MR) is 69.1 cm³/mol. The van der Waals surface area contributed by atoms with Crippen molar-refractivity contribution in [2.24, 2.45) is 0 Å². The van der Waals surface area contributed by atoms with Gasteiger partial charge in [0.2, 0.25) is 0 Å². The fraction of sp³-hybridized carbons (Fsp3) is 0.133. The molecule has 2 aromatic carbocycles. The zero-order valence-electron chi connectivity index (χ0n) is 9.93. The normalized spacial score (nSPS) is 9.61. The number of phenols is 1. The highest BCUT2D eigenvalue weighted by atomic mass is 16.5. The molecule has 0 aliphatic carbocycles. The molecule has 2 rings (SSSR count). The molecule has 3 nitrogen and oxygen atoms in total. The molecule has 0 aromatic heterocycles. The van der Waals surface area contributed by atoms with Crippen LogP contribution in [-0.2, 0) is 9.53 Å². The highest BCUT2D eigenvalue weighted by Crippen LogP contribution is 2.25. The third-order valence-corrected chi connectivity index (χ3v) is 2.58. The second-order valence-corrected chi connectivity index (χ2v) is 3.74. The minimum Gasteiger partial charge on any atom is -0.507 e. The fourth-order valence-electron chi connectivity index (χ4n) is 1.67. The number of benzene rings is 2. The summed E-state index contributed by atoms with van der Waals surface area (Å²) in [6, 6.07) is 11.1. The number of esters is 1. The van der Waals surface area contributed by atoms with E-state index in [2.05, 4.69) is 16.6 Å². The van der Waals surface area contributed by atoms with Gasteiger partial charge in [-0.25, -0.2) is 0 Å². The number of aromatic hydroxyl groups is 1. The van der Waals surface area contributed by atoms with Gasteiger partial charge in [-0.2, -0.15) is 0 Å². The number of carbonyl (C=O) groups is 1. The summed E-state index contributed by atoms with van der Waals surface area (Å²) in [5.74, 6) is 5.25. The number of ether oxygens (including phenoxy) is 1. The Kier molecular flexibility index (Phi) is 3.49. The number of hydrogen-bond donors (Lipinski definition) is 1. The number of hydrogen-bond acceptors (Lipinski definition) is 3. The molecule has 0 radical (unpaired) electrons. The Hall–Kier alpha value is -2.47. The molecular formula is C15H12O3. The maximum Gasteiger partial charge on any atom is 0.317 e. The Balaban J connectivity index is 2.43. The van der Waals surface area contributed by atoms with Crippen molar-refractivity contribution in [2.75, 3.05) is 7.11 Å². The Labute approximate surface area is 105 Å². The molecule has 18 heavy (non-hydrogen) atoms. The van der Waals surface area contributed by atoms with Gasteiger partial charge in [0.25, 0.3) is 0 Å². The summed E-state index contributed by atoms with van der Waals surface area (Å²) in [5, 5.41) is 11.7. The molecule has 0 fully saturated rings. The molecule has 0 bridgehead atoms. The van der Waals surface area contributed by atoms with E-state index in [1.54, 1.807) is 6.07 Å². The molecule has 3 heteroatoms. The van der Waals surface area contributed by atoms with E-state index in [4.69, 9.17) is 0 Å². The number of phenolic OH excluding ortho intramolecular Hbond substituents is 1. The van der Waals surface area contributed by atoms with Crippen LogP contribution in [0.15, 0.2) is 36.4 Å². The second kappa shape index (κ2) is 5.24. The number of rotatable bonds is 1. The lowest BCUT2D eigenvalue weighted by atomic mass is 10.0. The van der Waals surface area contributed by atoms with E-state index in [0.717, 1.165) is 10.8 Å². The van der Waals surface area contributed by atoms with E-state index in [0.29, 0.717) is 5.56 Å². The SMILES string of the molecule is COC(=O)CC#Cc1c(O)ccc2ccccc12. The van der Waals surface area contributed by atoms with Crippen molar-refractivity contribution in [1.29, 1.82) is 0 Å². The van der Waals surface area contributed by atoms with E-state index in [9.17, 15) is 9.90 Å². The second-order valence-electron chi connectivity index (χ2n) is 3.74. The highest BCUT2D eigenvalue weighted by Gasteiger charge is 2.03. The minimum atomic E-state index is -0.387. The van der Waals surface area contributed by atoms with Crippen LogP contribution >= 0.6 is 0 Å². The Bertz CT molecular complexity index is 648. The van der Waals surface area contributed by atoms with Crippen LogP contribution in [0.4, 0.5) is 0 Å². The zero-order valence-corrected chi connectivity index (χ0v) is 9.93. The van der Waals surface area contributed by atoms with Gasteiger partial charge in [-0.1, -0.05) is 42.2 Å². The van der Waals surface area contributed by atoms with Crippen molar-refractivity contribution in [3.8, 4) is 17.6 Å². The molecule has 0 amide bonds. The monoisotopic (exact) mass is 240 g/mol. The van der Waals surface area contributed by atoms with Gasteiger partial charge in [0.15, 0.2) is 0 Å². The van der Waals surface area contributed by atoms with E-state index >= 15 is 0 Å². The van der Waals surface area contributed by atoms with Gasteiger partial charge in [0.05, 0.1) is 12.7 Å². The number of carbonyl (C=O) groups excluding carboxylic acids is 1. The predicted octanol–water partition coefficient (Wildman–Crippen LogP) is 2.46. The van der Waals surface area contributed by atoms with E-state index in [1.165, 1.54) is 7.11 Å². The van der Waals surface area contributed by atoms with Crippen LogP contribution in [0.5, 0.6) is 5.75 Å². The molecular weight excluding hydrogens is 228 g/mol. The lowest BCUT2D eigenvalue weighted by molar-refractivity contribution is -0.139. The van der Waals surface area contributed by atoms with Crippen LogP contribution in [0.1, 0.15) is 12.0 Å². The van der Waals surface area contributed by atoms with Crippen LogP contribution in [0.2, 0.25) is 0 Å². The quantitative estimate of drug-likeness (QED) is 0.615. The maximum atomic E-state index is 11.0. The molecule has 2 aromatic rings. The fourth-order valence-corrected chi connectivity index (χ4v) is 1.67. The van der Waals surface area contributed by atoms with Crippen LogP contribution < -0.4 is 0 Å². The summed E-state index contributed by atoms with van der Waals surface area (Å²) >= 11 is 0. The Morgan fingerprint density at radius 2 is 2.06 bits per heavy atom. The molecule has 0 saturated carbocycles. The largest absolute Gasteiger partial charge is 0.507 e. The standard InChI is InChI=1S/C15H12O3/c1-18-15(17)8-4-7-13-12-6-3-2-5-11(12)9-10-14(13)16/h2-3,5-6,9-10,16H,8H2,1H3. The first-order chi connectivity index (χ1) is 8.72. The average Bonchev–Trinajstić information content (AvgIpc) is 2.41. The number of fused-ring (bicyclic) bond motifs is 1. The van der Waals surface area contributed by atoms with Gasteiger partial charge in [0, 0.05) is 5.39 Å².